The molecule has 0 amide bonds. The zero-order valence-electron chi connectivity index (χ0n) is 9.52. The van der Waals surface area contributed by atoms with Crippen LogP contribution in [-0.4, -0.2) is 45.1 Å². The van der Waals surface area contributed by atoms with Crippen molar-refractivity contribution in [3.8, 4) is 0 Å². The van der Waals surface area contributed by atoms with E-state index >= 15 is 0 Å². The van der Waals surface area contributed by atoms with E-state index in [4.69, 9.17) is 15.6 Å². The molecule has 18 heavy (non-hydrogen) atoms. The average Bonchev–Trinajstić information content (AvgIpc) is 2.66. The normalized spacial score (nSPS) is 31.7. The maximum Gasteiger partial charge on any atom is 0.330 e. The molecule has 0 saturated carbocycles. The number of nitrogens with zero attached hydrogens (tertiary/aromatic N) is 1. The first kappa shape index (κ1) is 13.0. The van der Waals surface area contributed by atoms with Gasteiger partial charge in [0.05, 0.1) is 12.7 Å². The fourth-order valence-corrected chi connectivity index (χ4v) is 2.12. The maximum atomic E-state index is 11.6. The fourth-order valence-electron chi connectivity index (χ4n) is 2.12. The molecule has 2 rings (SSSR count). The minimum Gasteiger partial charge on any atom is -0.394 e. The van der Waals surface area contributed by atoms with Crippen molar-refractivity contribution in [3.63, 3.8) is 0 Å². The van der Waals surface area contributed by atoms with Crippen molar-refractivity contribution in [2.45, 2.75) is 18.4 Å². The van der Waals surface area contributed by atoms with Crippen LogP contribution < -0.4 is 17.0 Å². The van der Waals surface area contributed by atoms with Crippen molar-refractivity contribution in [2.24, 2.45) is 11.7 Å². The third-order valence-corrected chi connectivity index (χ3v) is 3.10. The van der Waals surface area contributed by atoms with Gasteiger partial charge < -0.3 is 20.7 Å². The van der Waals surface area contributed by atoms with E-state index in [0.29, 0.717) is 0 Å². The molecule has 100 valence electrons. The van der Waals surface area contributed by atoms with Crippen LogP contribution in [0.15, 0.2) is 21.9 Å². The number of rotatable bonds is 3. The summed E-state index contributed by atoms with van der Waals surface area (Å²) in [6, 6.07) is 1.15. The quantitative estimate of drug-likeness (QED) is 0.468. The molecule has 4 atom stereocenters. The smallest absolute Gasteiger partial charge is 0.330 e. The number of aliphatic hydroxyl groups is 2. The molecule has 0 spiro atoms. The average molecular weight is 257 g/mol. The summed E-state index contributed by atoms with van der Waals surface area (Å²) in [5, 5.41) is 19.2. The second kappa shape index (κ2) is 5.02. The molecule has 8 nitrogen and oxygen atoms in total. The minimum absolute atomic E-state index is 0.126. The third kappa shape index (κ3) is 2.10. The Bertz CT molecular complexity index is 525. The molecule has 1 aliphatic heterocycles. The van der Waals surface area contributed by atoms with E-state index in [1.54, 1.807) is 0 Å². The summed E-state index contributed by atoms with van der Waals surface area (Å²) < 4.78 is 6.47. The predicted molar refractivity (Wildman–Crippen MR) is 60.9 cm³/mol. The lowest BCUT2D eigenvalue weighted by molar-refractivity contribution is -0.0535. The molecule has 0 unspecified atom stereocenters. The van der Waals surface area contributed by atoms with Crippen LogP contribution in [0.25, 0.3) is 0 Å². The monoisotopic (exact) mass is 257 g/mol. The molecular formula is C10H15N3O5. The first-order valence-electron chi connectivity index (χ1n) is 5.54. The number of aromatic amines is 1. The van der Waals surface area contributed by atoms with Crippen molar-refractivity contribution in [3.05, 3.63) is 33.1 Å². The van der Waals surface area contributed by atoms with Crippen LogP contribution in [-0.2, 0) is 4.74 Å². The number of ether oxygens (including phenoxy) is 1. The Hall–Kier alpha value is -1.48. The van der Waals surface area contributed by atoms with Gasteiger partial charge in [0.25, 0.3) is 5.56 Å². The standard InChI is InChI=1S/C10H15N3O5/c11-3-5-6(4-14)18-9(8(5)16)13-2-1-7(15)12-10(13)17/h1-2,5-6,8-9,14,16H,3-4,11H2,(H,12,15,17)/t5-,6-,8-,9-/m1/s1. The molecule has 1 aromatic heterocycles. The zero-order valence-corrected chi connectivity index (χ0v) is 9.52. The van der Waals surface area contributed by atoms with Crippen molar-refractivity contribution < 1.29 is 14.9 Å². The maximum absolute atomic E-state index is 11.6. The fraction of sp³-hybridized carbons (Fsp3) is 0.600. The van der Waals surface area contributed by atoms with E-state index in [0.717, 1.165) is 10.6 Å². The molecule has 1 fully saturated rings. The van der Waals surface area contributed by atoms with Crippen LogP contribution in [0.2, 0.25) is 0 Å². The number of nitrogens with two attached hydrogens (primary N) is 1. The van der Waals surface area contributed by atoms with Crippen molar-refractivity contribution in [2.75, 3.05) is 13.2 Å². The van der Waals surface area contributed by atoms with Gasteiger partial charge in [-0.2, -0.15) is 0 Å². The Labute approximate surface area is 102 Å². The summed E-state index contributed by atoms with van der Waals surface area (Å²) in [6.45, 7) is -0.172. The summed E-state index contributed by atoms with van der Waals surface area (Å²) in [7, 11) is 0. The van der Waals surface area contributed by atoms with Crippen molar-refractivity contribution >= 4 is 0 Å². The Morgan fingerprint density at radius 2 is 2.22 bits per heavy atom. The zero-order chi connectivity index (χ0) is 13.3. The Balaban J connectivity index is 2.34. The van der Waals surface area contributed by atoms with Crippen LogP contribution in [0.4, 0.5) is 0 Å². The Kier molecular flexibility index (Phi) is 3.62. The predicted octanol–water partition coefficient (Wildman–Crippen LogP) is -2.64. The highest BCUT2D eigenvalue weighted by Crippen LogP contribution is 2.32. The summed E-state index contributed by atoms with van der Waals surface area (Å²) in [6.07, 6.45) is -1.37. The number of hydrogen-bond donors (Lipinski definition) is 4. The summed E-state index contributed by atoms with van der Waals surface area (Å²) in [5.41, 5.74) is 4.29. The van der Waals surface area contributed by atoms with Gasteiger partial charge >= 0.3 is 5.69 Å². The second-order valence-corrected chi connectivity index (χ2v) is 4.16. The molecular weight excluding hydrogens is 242 g/mol. The first-order valence-corrected chi connectivity index (χ1v) is 5.54. The third-order valence-electron chi connectivity index (χ3n) is 3.10. The molecule has 0 radical (unpaired) electrons. The summed E-state index contributed by atoms with van der Waals surface area (Å²) in [5.74, 6) is -0.459. The molecule has 8 heteroatoms. The van der Waals surface area contributed by atoms with E-state index in [-0.39, 0.29) is 13.2 Å². The topological polar surface area (TPSA) is 131 Å². The van der Waals surface area contributed by atoms with Crippen LogP contribution in [0.5, 0.6) is 0 Å². The number of hydrogen-bond acceptors (Lipinski definition) is 6. The van der Waals surface area contributed by atoms with Gasteiger partial charge in [-0.3, -0.25) is 14.3 Å². The Morgan fingerprint density at radius 3 is 2.72 bits per heavy atom. The Morgan fingerprint density at radius 1 is 1.50 bits per heavy atom. The number of aromatic nitrogens is 2. The summed E-state index contributed by atoms with van der Waals surface area (Å²) in [4.78, 5) is 24.6. The lowest BCUT2D eigenvalue weighted by Gasteiger charge is -2.17. The van der Waals surface area contributed by atoms with Gasteiger partial charge in [0.15, 0.2) is 6.23 Å². The largest absolute Gasteiger partial charge is 0.394 e. The second-order valence-electron chi connectivity index (χ2n) is 4.16. The lowest BCUT2D eigenvalue weighted by Crippen LogP contribution is -2.37. The van der Waals surface area contributed by atoms with E-state index < -0.39 is 35.6 Å². The van der Waals surface area contributed by atoms with Gasteiger partial charge in [-0.05, 0) is 0 Å². The van der Waals surface area contributed by atoms with Crippen molar-refractivity contribution in [1.29, 1.82) is 0 Å². The SMILES string of the molecule is NC[C@H]1[C@@H](O)[C@H](n2ccc(=O)[nH]c2=O)O[C@@H]1CO. The number of aliphatic hydroxyl groups excluding tert-OH is 2. The van der Waals surface area contributed by atoms with Gasteiger partial charge in [-0.25, -0.2) is 4.79 Å². The van der Waals surface area contributed by atoms with Crippen LogP contribution in [0, 0.1) is 5.92 Å². The van der Waals surface area contributed by atoms with E-state index in [2.05, 4.69) is 4.98 Å². The van der Waals surface area contributed by atoms with Gasteiger partial charge in [0, 0.05) is 24.7 Å². The molecule has 0 aliphatic carbocycles. The highest BCUT2D eigenvalue weighted by atomic mass is 16.5. The van der Waals surface area contributed by atoms with Crippen molar-refractivity contribution in [1.82, 2.24) is 9.55 Å². The molecule has 2 heterocycles. The van der Waals surface area contributed by atoms with Crippen LogP contribution in [0.1, 0.15) is 6.23 Å². The van der Waals surface area contributed by atoms with Gasteiger partial charge in [-0.15, -0.1) is 0 Å². The first-order chi connectivity index (χ1) is 8.58. The van der Waals surface area contributed by atoms with Gasteiger partial charge in [0.2, 0.25) is 0 Å². The van der Waals surface area contributed by atoms with E-state index in [1.165, 1.54) is 6.20 Å². The number of nitrogens with one attached hydrogen (secondary N) is 1. The molecule has 0 bridgehead atoms. The molecule has 1 aliphatic rings. The van der Waals surface area contributed by atoms with E-state index in [9.17, 15) is 14.7 Å². The van der Waals surface area contributed by atoms with Gasteiger partial charge in [-0.1, -0.05) is 0 Å². The molecule has 1 saturated heterocycles. The summed E-state index contributed by atoms with van der Waals surface area (Å²) >= 11 is 0. The minimum atomic E-state index is -1.02. The highest BCUT2D eigenvalue weighted by Gasteiger charge is 2.43. The highest BCUT2D eigenvalue weighted by molar-refractivity contribution is 4.93. The van der Waals surface area contributed by atoms with Crippen LogP contribution >= 0.6 is 0 Å². The molecule has 5 N–H and O–H groups in total. The van der Waals surface area contributed by atoms with Gasteiger partial charge in [0.1, 0.15) is 6.10 Å². The number of H-pyrrole nitrogens is 1. The lowest BCUT2D eigenvalue weighted by atomic mass is 9.99. The van der Waals surface area contributed by atoms with Crippen LogP contribution in [0.3, 0.4) is 0 Å². The molecule has 1 aromatic rings. The van der Waals surface area contributed by atoms with E-state index in [1.807, 2.05) is 0 Å². The molecule has 0 aromatic carbocycles.